The summed E-state index contributed by atoms with van der Waals surface area (Å²) >= 11 is 9.74. The third-order valence-corrected chi connectivity index (χ3v) is 10.5. The van der Waals surface area contributed by atoms with Crippen LogP contribution in [0.4, 0.5) is 11.5 Å². The summed E-state index contributed by atoms with van der Waals surface area (Å²) in [6.45, 7) is 2.43. The maximum Gasteiger partial charge on any atom is 0.254 e. The molecule has 10 heteroatoms. The van der Waals surface area contributed by atoms with Crippen LogP contribution in [0.25, 0.3) is 11.4 Å². The predicted octanol–water partition coefficient (Wildman–Crippen LogP) is 6.81. The molecule has 2 aromatic heterocycles. The molecule has 2 unspecified atom stereocenters. The van der Waals surface area contributed by atoms with Crippen LogP contribution >= 0.6 is 27.5 Å². The van der Waals surface area contributed by atoms with E-state index in [2.05, 4.69) is 20.9 Å². The van der Waals surface area contributed by atoms with Gasteiger partial charge in [-0.1, -0.05) is 30.9 Å². The molecule has 2 aliphatic heterocycles. The molecule has 7 rings (SSSR count). The summed E-state index contributed by atoms with van der Waals surface area (Å²) in [4.78, 5) is 36.4. The number of hydrogen-bond donors (Lipinski definition) is 0. The number of anilines is 2. The highest BCUT2D eigenvalue weighted by molar-refractivity contribution is 9.10. The van der Waals surface area contributed by atoms with Crippen molar-refractivity contribution in [3.63, 3.8) is 0 Å². The second kappa shape index (κ2) is 10.7. The first-order valence-electron chi connectivity index (χ1n) is 14.5. The predicted molar refractivity (Wildman–Crippen MR) is 166 cm³/mol. The zero-order valence-corrected chi connectivity index (χ0v) is 25.9. The third-order valence-electron chi connectivity index (χ3n) is 9.25. The van der Waals surface area contributed by atoms with Crippen LogP contribution in [-0.4, -0.2) is 48.6 Å². The number of aromatic nitrogens is 4. The lowest BCUT2D eigenvalue weighted by Crippen LogP contribution is -2.56. The number of nitrogens with zero attached hydrogens (tertiary/aromatic N) is 6. The van der Waals surface area contributed by atoms with Crippen molar-refractivity contribution in [3.05, 3.63) is 81.7 Å². The normalized spacial score (nSPS) is 22.1. The number of imidazole rings is 1. The van der Waals surface area contributed by atoms with Crippen molar-refractivity contribution in [2.45, 2.75) is 51.1 Å². The highest BCUT2D eigenvalue weighted by Gasteiger charge is 2.48. The molecule has 2 fully saturated rings. The lowest BCUT2D eigenvalue weighted by atomic mass is 9.80. The number of amides is 2. The molecule has 0 N–H and O–H groups in total. The van der Waals surface area contributed by atoms with Gasteiger partial charge in [0, 0.05) is 53.2 Å². The molecule has 8 nitrogen and oxygen atoms in total. The van der Waals surface area contributed by atoms with E-state index >= 15 is 0 Å². The number of hydrogen-bond acceptors (Lipinski definition) is 4. The van der Waals surface area contributed by atoms with Crippen molar-refractivity contribution in [2.75, 3.05) is 11.4 Å². The Balaban J connectivity index is 1.26. The van der Waals surface area contributed by atoms with Crippen LogP contribution in [0.5, 0.6) is 0 Å². The summed E-state index contributed by atoms with van der Waals surface area (Å²) in [6, 6.07) is 13.0. The maximum atomic E-state index is 14.4. The van der Waals surface area contributed by atoms with Gasteiger partial charge in [-0.2, -0.15) is 5.10 Å². The van der Waals surface area contributed by atoms with Crippen molar-refractivity contribution in [1.82, 2.24) is 24.2 Å². The van der Waals surface area contributed by atoms with Crippen LogP contribution in [0.3, 0.4) is 0 Å². The molecule has 3 aliphatic rings. The number of likely N-dealkylation sites (tertiary alicyclic amines) is 1. The molecule has 1 saturated carbocycles. The van der Waals surface area contributed by atoms with Crippen molar-refractivity contribution >= 4 is 50.9 Å². The molecule has 3 atom stereocenters. The standard InChI is InChI=1S/C32H32BrClN6O2/c1-19-14-25-28(18-38(19)31(41)22-8-11-26(33)27(34)16-22)40-30(23(17-36-40)15-20-4-3-5-20)39(32(25)42)24-9-6-21(7-10-24)29-35-12-13-37(29)2/h6-13,16-17,19-20,25,28H,3-5,14-15,18H2,1-2H3/t19-,25?,28?/m0/s1. The average molecular weight is 648 g/mol. The first kappa shape index (κ1) is 27.4. The number of aryl methyl sites for hydroxylation is 1. The van der Waals surface area contributed by atoms with Gasteiger partial charge in [0.15, 0.2) is 0 Å². The minimum absolute atomic E-state index is 0.0678. The SMILES string of the molecule is C[C@H]1CC2C(=O)N(c3ccc(-c4nccn4C)cc3)c3c(CC4CCC4)cnn3C2CN1C(=O)c1ccc(Br)c(Cl)c1. The molecule has 0 radical (unpaired) electrons. The number of benzene rings is 2. The number of carbonyl (C=O) groups excluding carboxylic acids is 2. The van der Waals surface area contributed by atoms with Crippen LogP contribution < -0.4 is 4.90 Å². The lowest BCUT2D eigenvalue weighted by Gasteiger charge is -2.47. The Labute approximate surface area is 258 Å². The van der Waals surface area contributed by atoms with Crippen molar-refractivity contribution in [2.24, 2.45) is 18.9 Å². The van der Waals surface area contributed by atoms with E-state index in [0.717, 1.165) is 39.4 Å². The molecular formula is C32H32BrClN6O2. The highest BCUT2D eigenvalue weighted by atomic mass is 79.9. The number of halogens is 2. The summed E-state index contributed by atoms with van der Waals surface area (Å²) in [5.41, 5.74) is 3.45. The highest BCUT2D eigenvalue weighted by Crippen LogP contribution is 2.46. The minimum atomic E-state index is -0.296. The van der Waals surface area contributed by atoms with E-state index in [1.165, 1.54) is 19.3 Å². The van der Waals surface area contributed by atoms with E-state index in [0.29, 0.717) is 29.5 Å². The molecule has 4 heterocycles. The van der Waals surface area contributed by atoms with E-state index in [4.69, 9.17) is 16.7 Å². The summed E-state index contributed by atoms with van der Waals surface area (Å²) < 4.78 is 4.75. The molecule has 216 valence electrons. The summed E-state index contributed by atoms with van der Waals surface area (Å²) in [6.07, 6.45) is 10.8. The van der Waals surface area contributed by atoms with Gasteiger partial charge in [-0.15, -0.1) is 0 Å². The zero-order valence-electron chi connectivity index (χ0n) is 23.6. The smallest absolute Gasteiger partial charge is 0.254 e. The van der Waals surface area contributed by atoms with Gasteiger partial charge >= 0.3 is 0 Å². The third kappa shape index (κ3) is 4.57. The van der Waals surface area contributed by atoms with Crippen molar-refractivity contribution < 1.29 is 9.59 Å². The quantitative estimate of drug-likeness (QED) is 0.239. The van der Waals surface area contributed by atoms with E-state index in [1.807, 2.05) is 69.7 Å². The van der Waals surface area contributed by atoms with Crippen molar-refractivity contribution in [1.29, 1.82) is 0 Å². The van der Waals surface area contributed by atoms with Crippen LogP contribution in [0, 0.1) is 11.8 Å². The Morgan fingerprint density at radius 3 is 2.60 bits per heavy atom. The van der Waals surface area contributed by atoms with Gasteiger partial charge in [-0.05, 0) is 84.1 Å². The van der Waals surface area contributed by atoms with Gasteiger partial charge < -0.3 is 9.47 Å². The number of fused-ring (bicyclic) bond motifs is 3. The second-order valence-electron chi connectivity index (χ2n) is 11.9. The van der Waals surface area contributed by atoms with E-state index in [-0.39, 0.29) is 29.8 Å². The van der Waals surface area contributed by atoms with E-state index in [1.54, 1.807) is 24.4 Å². The van der Waals surface area contributed by atoms with Crippen LogP contribution in [0.1, 0.15) is 54.6 Å². The average Bonchev–Trinajstić information content (AvgIpc) is 3.58. The molecule has 2 aromatic carbocycles. The summed E-state index contributed by atoms with van der Waals surface area (Å²) in [5.74, 6) is 2.02. The molecule has 1 aliphatic carbocycles. The fraction of sp³-hybridized carbons (Fsp3) is 0.375. The number of rotatable bonds is 5. The van der Waals surface area contributed by atoms with E-state index in [9.17, 15) is 9.59 Å². The molecular weight excluding hydrogens is 616 g/mol. The van der Waals surface area contributed by atoms with Crippen molar-refractivity contribution in [3.8, 4) is 11.4 Å². The van der Waals surface area contributed by atoms with Crippen LogP contribution in [-0.2, 0) is 18.3 Å². The van der Waals surface area contributed by atoms with Gasteiger partial charge in [0.2, 0.25) is 5.91 Å². The summed E-state index contributed by atoms with van der Waals surface area (Å²) in [5, 5.41) is 5.39. The van der Waals surface area contributed by atoms with Gasteiger partial charge in [0.25, 0.3) is 5.91 Å². The molecule has 42 heavy (non-hydrogen) atoms. The summed E-state index contributed by atoms with van der Waals surface area (Å²) in [7, 11) is 1.97. The zero-order chi connectivity index (χ0) is 29.1. The molecule has 0 bridgehead atoms. The van der Waals surface area contributed by atoms with E-state index < -0.39 is 0 Å². The number of piperidine rings is 1. The Kier molecular flexibility index (Phi) is 6.97. The van der Waals surface area contributed by atoms with Gasteiger partial charge in [0.1, 0.15) is 11.6 Å². The lowest BCUT2D eigenvalue weighted by molar-refractivity contribution is -0.126. The van der Waals surface area contributed by atoms with Gasteiger partial charge in [-0.25, -0.2) is 9.67 Å². The fourth-order valence-electron chi connectivity index (χ4n) is 6.71. The largest absolute Gasteiger partial charge is 0.334 e. The molecule has 2 amide bonds. The molecule has 1 saturated heterocycles. The Bertz CT molecular complexity index is 1680. The number of carbonyl (C=O) groups is 2. The van der Waals surface area contributed by atoms with Gasteiger partial charge in [-0.3, -0.25) is 14.5 Å². The van der Waals surface area contributed by atoms with Crippen LogP contribution in [0.2, 0.25) is 5.02 Å². The first-order valence-corrected chi connectivity index (χ1v) is 15.7. The second-order valence-corrected chi connectivity index (χ2v) is 13.1. The molecule has 0 spiro atoms. The Morgan fingerprint density at radius 1 is 1.14 bits per heavy atom. The monoisotopic (exact) mass is 646 g/mol. The van der Waals surface area contributed by atoms with Gasteiger partial charge in [0.05, 0.1) is 28.9 Å². The Morgan fingerprint density at radius 2 is 1.93 bits per heavy atom. The minimum Gasteiger partial charge on any atom is -0.334 e. The topological polar surface area (TPSA) is 76.3 Å². The Hall–Kier alpha value is -3.43. The maximum absolute atomic E-state index is 14.4. The molecule has 4 aromatic rings. The first-order chi connectivity index (χ1) is 20.3. The van der Waals surface area contributed by atoms with Crippen LogP contribution in [0.15, 0.2) is 65.5 Å². The fourth-order valence-corrected chi connectivity index (χ4v) is 7.13.